The van der Waals surface area contributed by atoms with Crippen LogP contribution in [0.25, 0.3) is 0 Å². The van der Waals surface area contributed by atoms with Crippen molar-refractivity contribution in [3.63, 3.8) is 0 Å². The van der Waals surface area contributed by atoms with E-state index in [1.54, 1.807) is 12.1 Å². The summed E-state index contributed by atoms with van der Waals surface area (Å²) in [5.41, 5.74) is 5.57. The molecule has 8 unspecified atom stereocenters. The Kier molecular flexibility index (Phi) is 6.56. The number of aromatic hydroxyl groups is 1. The molecule has 0 aromatic heterocycles. The quantitative estimate of drug-likeness (QED) is 0.390. The number of ketones is 4. The van der Waals surface area contributed by atoms with Gasteiger partial charge in [-0.2, -0.15) is 0 Å². The van der Waals surface area contributed by atoms with E-state index >= 15 is 0 Å². The lowest BCUT2D eigenvalue weighted by Crippen LogP contribution is -2.77. The number of hydrogen-bond donors (Lipinski definition) is 4. The molecule has 0 saturated heterocycles. The Morgan fingerprint density at radius 1 is 1.02 bits per heavy atom. The largest absolute Gasteiger partial charge is 0.507 e. The van der Waals surface area contributed by atoms with Crippen molar-refractivity contribution in [2.24, 2.45) is 29.4 Å². The van der Waals surface area contributed by atoms with E-state index in [4.69, 9.17) is 5.73 Å². The van der Waals surface area contributed by atoms with Crippen molar-refractivity contribution in [1.29, 1.82) is 0 Å². The SMILES string of the molecule is Cc1ccc(CC2c3cccc(O)c3C(=O)C3C(=O)C4(O)C(=O)C(C(N)=O)C(=O)C(N(C)C)C4C(O)C32)cc1C. The molecule has 0 bridgehead atoms. The summed E-state index contributed by atoms with van der Waals surface area (Å²) in [4.78, 5) is 68.4. The maximum absolute atomic E-state index is 14.2. The number of aliphatic hydroxyl groups is 2. The van der Waals surface area contributed by atoms with E-state index in [1.807, 2.05) is 32.0 Å². The number of fused-ring (bicyclic) bond motifs is 3. The second kappa shape index (κ2) is 9.43. The first-order valence-electron chi connectivity index (χ1n) is 13.1. The van der Waals surface area contributed by atoms with Gasteiger partial charge in [0.2, 0.25) is 5.91 Å². The zero-order chi connectivity index (χ0) is 29.4. The van der Waals surface area contributed by atoms with E-state index in [-0.39, 0.29) is 17.7 Å². The molecular formula is C30H32N2O8. The molecule has 2 aromatic carbocycles. The van der Waals surface area contributed by atoms with Crippen LogP contribution in [0.2, 0.25) is 0 Å². The van der Waals surface area contributed by atoms with Crippen molar-refractivity contribution >= 4 is 29.0 Å². The molecule has 40 heavy (non-hydrogen) atoms. The second-order valence-electron chi connectivity index (χ2n) is 11.5. The molecule has 0 aliphatic heterocycles. The van der Waals surface area contributed by atoms with Gasteiger partial charge in [0.15, 0.2) is 34.7 Å². The van der Waals surface area contributed by atoms with Crippen LogP contribution >= 0.6 is 0 Å². The summed E-state index contributed by atoms with van der Waals surface area (Å²) in [6, 6.07) is 8.91. The molecule has 1 amide bonds. The number of phenols is 1. The monoisotopic (exact) mass is 548 g/mol. The molecule has 3 aliphatic rings. The first-order valence-corrected chi connectivity index (χ1v) is 13.1. The fourth-order valence-electron chi connectivity index (χ4n) is 7.20. The number of phenolic OH excluding ortho intramolecular Hbond substituents is 1. The van der Waals surface area contributed by atoms with E-state index < -0.39 is 76.4 Å². The van der Waals surface area contributed by atoms with Gasteiger partial charge in [-0.25, -0.2) is 0 Å². The number of hydrogen-bond acceptors (Lipinski definition) is 9. The van der Waals surface area contributed by atoms with Crippen LogP contribution in [0.5, 0.6) is 5.75 Å². The molecule has 0 radical (unpaired) electrons. The molecule has 3 aliphatic carbocycles. The minimum absolute atomic E-state index is 0.116. The van der Waals surface area contributed by atoms with Crippen molar-refractivity contribution < 1.29 is 39.3 Å². The predicted molar refractivity (Wildman–Crippen MR) is 141 cm³/mol. The second-order valence-corrected chi connectivity index (χ2v) is 11.5. The van der Waals surface area contributed by atoms with Crippen LogP contribution in [0.3, 0.4) is 0 Å². The van der Waals surface area contributed by atoms with Crippen LogP contribution in [0, 0.1) is 37.5 Å². The minimum atomic E-state index is -3.02. The summed E-state index contributed by atoms with van der Waals surface area (Å²) in [6.07, 6.45) is -1.42. The minimum Gasteiger partial charge on any atom is -0.507 e. The van der Waals surface area contributed by atoms with E-state index in [9.17, 15) is 39.3 Å². The number of Topliss-reactive ketones (excluding diaryl/α,β-unsaturated/α-hetero) is 4. The lowest BCUT2D eigenvalue weighted by molar-refractivity contribution is -0.197. The van der Waals surface area contributed by atoms with Gasteiger partial charge in [-0.3, -0.25) is 28.9 Å². The third-order valence-electron chi connectivity index (χ3n) is 9.18. The lowest BCUT2D eigenvalue weighted by Gasteiger charge is -2.56. The van der Waals surface area contributed by atoms with Gasteiger partial charge in [0.25, 0.3) is 0 Å². The number of benzene rings is 2. The molecule has 2 saturated carbocycles. The maximum Gasteiger partial charge on any atom is 0.235 e. The molecule has 5 rings (SSSR count). The van der Waals surface area contributed by atoms with Crippen LogP contribution in [-0.2, 0) is 25.6 Å². The molecule has 5 N–H and O–H groups in total. The Labute approximate surface area is 230 Å². The van der Waals surface area contributed by atoms with Crippen LogP contribution in [0.1, 0.15) is 38.5 Å². The van der Waals surface area contributed by atoms with Crippen molar-refractivity contribution in [3.05, 3.63) is 64.2 Å². The van der Waals surface area contributed by atoms with Crippen molar-refractivity contribution in [2.75, 3.05) is 14.1 Å². The third kappa shape index (κ3) is 3.70. The van der Waals surface area contributed by atoms with Gasteiger partial charge < -0.3 is 21.1 Å². The van der Waals surface area contributed by atoms with E-state index in [0.29, 0.717) is 5.56 Å². The maximum atomic E-state index is 14.2. The molecule has 2 fully saturated rings. The van der Waals surface area contributed by atoms with E-state index in [1.165, 1.54) is 25.1 Å². The molecule has 8 atom stereocenters. The average Bonchev–Trinajstić information content (AvgIpc) is 2.87. The third-order valence-corrected chi connectivity index (χ3v) is 9.18. The number of carbonyl (C=O) groups excluding carboxylic acids is 5. The average molecular weight is 549 g/mol. The first kappa shape index (κ1) is 27.8. The summed E-state index contributed by atoms with van der Waals surface area (Å²) in [6.45, 7) is 3.91. The predicted octanol–water partition coefficient (Wildman–Crippen LogP) is 0.238. The van der Waals surface area contributed by atoms with Crippen LogP contribution in [0.15, 0.2) is 36.4 Å². The number of likely N-dealkylation sites (N-methyl/N-ethyl adjacent to an activating group) is 1. The van der Waals surface area contributed by atoms with Gasteiger partial charge in [-0.15, -0.1) is 0 Å². The van der Waals surface area contributed by atoms with Crippen LogP contribution in [0.4, 0.5) is 0 Å². The summed E-state index contributed by atoms with van der Waals surface area (Å²) in [5.74, 6) is -13.4. The molecule has 10 heteroatoms. The van der Waals surface area contributed by atoms with Crippen molar-refractivity contribution in [3.8, 4) is 5.75 Å². The Morgan fingerprint density at radius 3 is 2.30 bits per heavy atom. The standard InChI is InChI=1S/C30H32N2O8/c1-12-8-9-14(10-13(12)2)11-16-15-6-5-7-17(33)18(15)24(34)20-19(16)25(35)22-23(32(3)4)26(36)21(29(31)39)28(38)30(22,40)27(20)37/h5-10,16,19-23,25,33,35,40H,11H2,1-4H3,(H2,31,39). The van der Waals surface area contributed by atoms with Gasteiger partial charge in [0.05, 0.1) is 29.5 Å². The van der Waals surface area contributed by atoms with Crippen molar-refractivity contribution in [1.82, 2.24) is 4.90 Å². The molecule has 210 valence electrons. The topological polar surface area (TPSA) is 175 Å². The number of primary amides is 1. The Hall–Kier alpha value is -3.73. The zero-order valence-electron chi connectivity index (χ0n) is 22.6. The highest BCUT2D eigenvalue weighted by Crippen LogP contribution is 2.55. The van der Waals surface area contributed by atoms with E-state index in [2.05, 4.69) is 0 Å². The van der Waals surface area contributed by atoms with Crippen molar-refractivity contribution in [2.45, 2.75) is 43.9 Å². The Balaban J connectivity index is 1.74. The highest BCUT2D eigenvalue weighted by atomic mass is 16.3. The molecule has 0 spiro atoms. The van der Waals surface area contributed by atoms with Gasteiger partial charge in [-0.1, -0.05) is 30.3 Å². The lowest BCUT2D eigenvalue weighted by atomic mass is 9.49. The number of nitrogens with two attached hydrogens (primary N) is 1. The van der Waals surface area contributed by atoms with Gasteiger partial charge in [0, 0.05) is 5.92 Å². The number of carbonyl (C=O) groups is 5. The highest BCUT2D eigenvalue weighted by molar-refractivity contribution is 6.32. The zero-order valence-corrected chi connectivity index (χ0v) is 22.6. The fourth-order valence-corrected chi connectivity index (χ4v) is 7.20. The number of rotatable bonds is 4. The molecule has 2 aromatic rings. The summed E-state index contributed by atoms with van der Waals surface area (Å²) in [5, 5.41) is 34.5. The number of nitrogens with zero attached hydrogens (tertiary/aromatic N) is 1. The fraction of sp³-hybridized carbons (Fsp3) is 0.433. The Morgan fingerprint density at radius 2 is 1.70 bits per heavy atom. The molecular weight excluding hydrogens is 516 g/mol. The number of amides is 1. The Bertz CT molecular complexity index is 1480. The molecule has 0 heterocycles. The van der Waals surface area contributed by atoms with Gasteiger partial charge in [0.1, 0.15) is 5.75 Å². The number of aryl methyl sites for hydroxylation is 2. The number of aliphatic hydroxyl groups excluding tert-OH is 1. The normalized spacial score (nSPS) is 33.4. The van der Waals surface area contributed by atoms with Gasteiger partial charge >= 0.3 is 0 Å². The van der Waals surface area contributed by atoms with Gasteiger partial charge in [-0.05, 0) is 68.6 Å². The smallest absolute Gasteiger partial charge is 0.235 e. The van der Waals surface area contributed by atoms with Crippen LogP contribution in [-0.4, -0.2) is 81.1 Å². The summed E-state index contributed by atoms with van der Waals surface area (Å²) in [7, 11) is 2.93. The molecule has 10 nitrogen and oxygen atoms in total. The summed E-state index contributed by atoms with van der Waals surface area (Å²) >= 11 is 0. The first-order chi connectivity index (χ1) is 18.7. The summed E-state index contributed by atoms with van der Waals surface area (Å²) < 4.78 is 0. The highest BCUT2D eigenvalue weighted by Gasteiger charge is 2.73. The van der Waals surface area contributed by atoms with Crippen LogP contribution < -0.4 is 5.73 Å². The van der Waals surface area contributed by atoms with E-state index in [0.717, 1.165) is 16.7 Å².